The van der Waals surface area contributed by atoms with E-state index in [4.69, 9.17) is 27.9 Å². The Morgan fingerprint density at radius 1 is 1.05 bits per heavy atom. The van der Waals surface area contributed by atoms with E-state index in [0.717, 1.165) is 17.7 Å². The van der Waals surface area contributed by atoms with Gasteiger partial charge in [-0.15, -0.1) is 0 Å². The van der Waals surface area contributed by atoms with E-state index < -0.39 is 0 Å². The lowest BCUT2D eigenvalue weighted by Crippen LogP contribution is -2.08. The number of benzene rings is 1. The van der Waals surface area contributed by atoms with Crippen molar-refractivity contribution in [2.24, 2.45) is 0 Å². The number of halogens is 2. The maximum absolute atomic E-state index is 6.21. The Morgan fingerprint density at radius 2 is 1.75 bits per heavy atom. The Morgan fingerprint density at radius 3 is 2.45 bits per heavy atom. The maximum atomic E-state index is 6.21. The van der Waals surface area contributed by atoms with Gasteiger partial charge in [-0.05, 0) is 25.6 Å². The molecule has 1 rings (SSSR count). The summed E-state index contributed by atoms with van der Waals surface area (Å²) in [5, 5.41) is 4.34. The highest BCUT2D eigenvalue weighted by molar-refractivity contribution is 6.35. The van der Waals surface area contributed by atoms with Crippen LogP contribution in [0.2, 0.25) is 10.0 Å². The van der Waals surface area contributed by atoms with E-state index in [1.54, 1.807) is 6.07 Å². The van der Waals surface area contributed by atoms with Gasteiger partial charge in [-0.25, -0.2) is 0 Å². The van der Waals surface area contributed by atoms with Crippen molar-refractivity contribution < 1.29 is 4.74 Å². The van der Waals surface area contributed by atoms with Gasteiger partial charge in [0.15, 0.2) is 0 Å². The van der Waals surface area contributed by atoms with Gasteiger partial charge in [0.05, 0.1) is 11.6 Å². The van der Waals surface area contributed by atoms with Crippen LogP contribution in [0.4, 0.5) is 0 Å². The second-order valence-corrected chi connectivity index (χ2v) is 5.87. The SMILES string of the molecule is CCCCCCCCOc1c(Cl)cc(Cl)cc1CNC. The monoisotopic (exact) mass is 317 g/mol. The molecule has 1 aromatic carbocycles. The molecule has 0 aliphatic carbocycles. The molecule has 0 heterocycles. The summed E-state index contributed by atoms with van der Waals surface area (Å²) >= 11 is 12.2. The van der Waals surface area contributed by atoms with E-state index in [2.05, 4.69) is 12.2 Å². The summed E-state index contributed by atoms with van der Waals surface area (Å²) in [5.41, 5.74) is 1.01. The molecule has 0 bridgehead atoms. The number of nitrogens with one attached hydrogen (secondary N) is 1. The molecule has 1 aromatic rings. The van der Waals surface area contributed by atoms with Crippen LogP contribution < -0.4 is 10.1 Å². The molecule has 0 amide bonds. The standard InChI is InChI=1S/C16H25Cl2NO/c1-3-4-5-6-7-8-9-20-16-13(12-19-2)10-14(17)11-15(16)18/h10-11,19H,3-9,12H2,1-2H3. The maximum Gasteiger partial charge on any atom is 0.142 e. The summed E-state index contributed by atoms with van der Waals surface area (Å²) < 4.78 is 5.85. The van der Waals surface area contributed by atoms with Gasteiger partial charge in [0.1, 0.15) is 5.75 Å². The Labute approximate surface area is 132 Å². The minimum absolute atomic E-state index is 0.591. The van der Waals surface area contributed by atoms with E-state index in [9.17, 15) is 0 Å². The lowest BCUT2D eigenvalue weighted by atomic mass is 10.1. The van der Waals surface area contributed by atoms with Gasteiger partial charge < -0.3 is 10.1 Å². The molecule has 0 saturated carbocycles. The normalized spacial score (nSPS) is 10.8. The minimum Gasteiger partial charge on any atom is -0.492 e. The molecule has 114 valence electrons. The summed E-state index contributed by atoms with van der Waals surface area (Å²) in [6.45, 7) is 3.64. The lowest BCUT2D eigenvalue weighted by Gasteiger charge is -2.13. The first-order valence-corrected chi connectivity index (χ1v) is 8.20. The summed E-state index contributed by atoms with van der Waals surface area (Å²) in [7, 11) is 1.90. The van der Waals surface area contributed by atoms with E-state index >= 15 is 0 Å². The van der Waals surface area contributed by atoms with Crippen molar-refractivity contribution in [1.29, 1.82) is 0 Å². The fourth-order valence-corrected chi connectivity index (χ4v) is 2.74. The second-order valence-electron chi connectivity index (χ2n) is 5.02. The zero-order valence-electron chi connectivity index (χ0n) is 12.5. The van der Waals surface area contributed by atoms with Gasteiger partial charge in [0.2, 0.25) is 0 Å². The zero-order valence-corrected chi connectivity index (χ0v) is 14.0. The van der Waals surface area contributed by atoms with Crippen LogP contribution >= 0.6 is 23.2 Å². The molecule has 0 fully saturated rings. The number of rotatable bonds is 10. The van der Waals surface area contributed by atoms with Crippen molar-refractivity contribution in [2.75, 3.05) is 13.7 Å². The first kappa shape index (κ1) is 17.6. The van der Waals surface area contributed by atoms with Gasteiger partial charge in [-0.3, -0.25) is 0 Å². The van der Waals surface area contributed by atoms with Crippen LogP contribution in [-0.2, 0) is 6.54 Å². The third kappa shape index (κ3) is 6.34. The van der Waals surface area contributed by atoms with Crippen LogP contribution in [0, 0.1) is 0 Å². The van der Waals surface area contributed by atoms with Crippen molar-refractivity contribution in [2.45, 2.75) is 52.0 Å². The van der Waals surface area contributed by atoms with Crippen molar-refractivity contribution in [3.63, 3.8) is 0 Å². The zero-order chi connectivity index (χ0) is 14.8. The van der Waals surface area contributed by atoms with Crippen LogP contribution in [0.25, 0.3) is 0 Å². The van der Waals surface area contributed by atoms with Crippen molar-refractivity contribution in [3.8, 4) is 5.75 Å². The summed E-state index contributed by atoms with van der Waals surface area (Å²) in [4.78, 5) is 0. The van der Waals surface area contributed by atoms with Crippen LogP contribution in [0.5, 0.6) is 5.75 Å². The molecule has 4 heteroatoms. The molecule has 1 N–H and O–H groups in total. The molecule has 0 aromatic heterocycles. The molecular formula is C16H25Cl2NO. The Balaban J connectivity index is 2.42. The largest absolute Gasteiger partial charge is 0.492 e. The molecule has 0 radical (unpaired) electrons. The van der Waals surface area contributed by atoms with Gasteiger partial charge >= 0.3 is 0 Å². The molecule has 0 saturated heterocycles. The smallest absolute Gasteiger partial charge is 0.142 e. The number of ether oxygens (including phenoxy) is 1. The van der Waals surface area contributed by atoms with Crippen LogP contribution in [0.15, 0.2) is 12.1 Å². The summed E-state index contributed by atoms with van der Waals surface area (Å²) in [6.07, 6.45) is 7.51. The quantitative estimate of drug-likeness (QED) is 0.579. The molecule has 0 atom stereocenters. The molecule has 20 heavy (non-hydrogen) atoms. The van der Waals surface area contributed by atoms with Crippen LogP contribution in [-0.4, -0.2) is 13.7 Å². The van der Waals surface area contributed by atoms with Gasteiger partial charge in [-0.1, -0.05) is 62.2 Å². The van der Waals surface area contributed by atoms with E-state index in [1.165, 1.54) is 32.1 Å². The molecule has 2 nitrogen and oxygen atoms in total. The third-order valence-corrected chi connectivity index (χ3v) is 3.70. The number of hydrogen-bond donors (Lipinski definition) is 1. The predicted molar refractivity (Wildman–Crippen MR) is 88.1 cm³/mol. The first-order chi connectivity index (χ1) is 9.69. The van der Waals surface area contributed by atoms with Crippen molar-refractivity contribution in [3.05, 3.63) is 27.7 Å². The molecule has 0 unspecified atom stereocenters. The average Bonchev–Trinajstić information content (AvgIpc) is 2.40. The van der Waals surface area contributed by atoms with E-state index in [1.807, 2.05) is 13.1 Å². The molecule has 0 aliphatic rings. The first-order valence-electron chi connectivity index (χ1n) is 7.44. The number of hydrogen-bond acceptors (Lipinski definition) is 2. The van der Waals surface area contributed by atoms with E-state index in [-0.39, 0.29) is 0 Å². The Bertz CT molecular complexity index is 396. The van der Waals surface area contributed by atoms with Gasteiger partial charge in [-0.2, -0.15) is 0 Å². The average molecular weight is 318 g/mol. The van der Waals surface area contributed by atoms with Gasteiger partial charge in [0, 0.05) is 17.1 Å². The third-order valence-electron chi connectivity index (χ3n) is 3.20. The lowest BCUT2D eigenvalue weighted by molar-refractivity contribution is 0.301. The van der Waals surface area contributed by atoms with E-state index in [0.29, 0.717) is 23.2 Å². The Kier molecular flexibility index (Phi) is 9.08. The van der Waals surface area contributed by atoms with Crippen molar-refractivity contribution in [1.82, 2.24) is 5.32 Å². The fourth-order valence-electron chi connectivity index (χ4n) is 2.15. The predicted octanol–water partition coefficient (Wildman–Crippen LogP) is 5.45. The fraction of sp³-hybridized carbons (Fsp3) is 0.625. The Hall–Kier alpha value is -0.440. The molecule has 0 spiro atoms. The topological polar surface area (TPSA) is 21.3 Å². The second kappa shape index (κ2) is 10.3. The minimum atomic E-state index is 0.591. The van der Waals surface area contributed by atoms with Crippen molar-refractivity contribution >= 4 is 23.2 Å². The highest BCUT2D eigenvalue weighted by Crippen LogP contribution is 2.32. The van der Waals surface area contributed by atoms with Crippen LogP contribution in [0.3, 0.4) is 0 Å². The highest BCUT2D eigenvalue weighted by Gasteiger charge is 2.10. The summed E-state index contributed by atoms with van der Waals surface area (Å²) in [6, 6.07) is 3.64. The highest BCUT2D eigenvalue weighted by atomic mass is 35.5. The molecule has 0 aliphatic heterocycles. The van der Waals surface area contributed by atoms with Gasteiger partial charge in [0.25, 0.3) is 0 Å². The molecular weight excluding hydrogens is 293 g/mol. The van der Waals surface area contributed by atoms with Crippen LogP contribution in [0.1, 0.15) is 51.0 Å². The number of unbranched alkanes of at least 4 members (excludes halogenated alkanes) is 5. The summed E-state index contributed by atoms with van der Waals surface area (Å²) in [5.74, 6) is 0.763.